The number of allylic oxidation sites excluding steroid dienone is 3. The first-order chi connectivity index (χ1) is 9.31. The van der Waals surface area contributed by atoms with Crippen molar-refractivity contribution in [3.8, 4) is 5.75 Å². The summed E-state index contributed by atoms with van der Waals surface area (Å²) in [5, 5.41) is 7.00. The van der Waals surface area contributed by atoms with Crippen molar-refractivity contribution in [2.75, 3.05) is 20.8 Å². The van der Waals surface area contributed by atoms with E-state index < -0.39 is 0 Å². The lowest BCUT2D eigenvalue weighted by atomic mass is 9.99. The van der Waals surface area contributed by atoms with Crippen molar-refractivity contribution < 1.29 is 9.84 Å². The van der Waals surface area contributed by atoms with Gasteiger partial charge in [0, 0.05) is 25.4 Å². The van der Waals surface area contributed by atoms with Crippen LogP contribution in [-0.2, 0) is 0 Å². The normalized spacial score (nSPS) is 18.7. The van der Waals surface area contributed by atoms with Gasteiger partial charge in [-0.2, -0.15) is 0 Å². The van der Waals surface area contributed by atoms with Crippen LogP contribution < -0.4 is 15.6 Å². The zero-order valence-electron chi connectivity index (χ0n) is 11.3. The average Bonchev–Trinajstić information content (AvgIpc) is 2.46. The first kappa shape index (κ1) is 15.0. The van der Waals surface area contributed by atoms with Gasteiger partial charge in [0.05, 0.1) is 7.11 Å². The van der Waals surface area contributed by atoms with Gasteiger partial charge >= 0.3 is 0 Å². The Bertz CT molecular complexity index is 462. The third kappa shape index (κ3) is 4.28. The van der Waals surface area contributed by atoms with Gasteiger partial charge in [-0.1, -0.05) is 30.9 Å². The molecule has 0 fully saturated rings. The summed E-state index contributed by atoms with van der Waals surface area (Å²) in [5.41, 5.74) is 9.25. The maximum Gasteiger partial charge on any atom is 0.118 e. The van der Waals surface area contributed by atoms with E-state index in [1.165, 1.54) is 0 Å². The summed E-state index contributed by atoms with van der Waals surface area (Å²) in [7, 11) is 2.66. The summed E-state index contributed by atoms with van der Waals surface area (Å²) in [4.78, 5) is 0. The molecule has 2 rings (SSSR count). The number of methoxy groups -OCH3 is 1. The second kappa shape index (κ2) is 8.13. The van der Waals surface area contributed by atoms with Crippen molar-refractivity contribution in [2.24, 2.45) is 0 Å². The van der Waals surface area contributed by atoms with Gasteiger partial charge in [0.25, 0.3) is 0 Å². The number of hydrogen-bond donors (Lipinski definition) is 3. The molecule has 0 aliphatic carbocycles. The van der Waals surface area contributed by atoms with Gasteiger partial charge in [-0.25, -0.2) is 5.43 Å². The van der Waals surface area contributed by atoms with Crippen LogP contribution in [0.5, 0.6) is 5.75 Å². The van der Waals surface area contributed by atoms with Gasteiger partial charge in [-0.05, 0) is 23.3 Å². The van der Waals surface area contributed by atoms with Gasteiger partial charge in [0.1, 0.15) is 5.75 Å². The highest BCUT2D eigenvalue weighted by Crippen LogP contribution is 2.24. The predicted molar refractivity (Wildman–Crippen MR) is 78.5 cm³/mol. The first-order valence-corrected chi connectivity index (χ1v) is 5.95. The van der Waals surface area contributed by atoms with Crippen LogP contribution >= 0.6 is 0 Å². The molecule has 0 atom stereocenters. The smallest absolute Gasteiger partial charge is 0.118 e. The molecular weight excluding hydrogens is 240 g/mol. The summed E-state index contributed by atoms with van der Waals surface area (Å²) in [6.45, 7) is 4.85. The molecular formula is C15H20N2O2. The lowest BCUT2D eigenvalue weighted by molar-refractivity contribution is 0.399. The second-order valence-corrected chi connectivity index (χ2v) is 3.74. The van der Waals surface area contributed by atoms with Crippen LogP contribution in [0.3, 0.4) is 0 Å². The Hall–Kier alpha value is -2.04. The molecule has 0 saturated carbocycles. The minimum atomic E-state index is 0.783. The number of hydrogen-bond acceptors (Lipinski definition) is 4. The summed E-state index contributed by atoms with van der Waals surface area (Å²) in [6, 6.07) is 7.93. The number of rotatable bonds is 2. The Kier molecular flexibility index (Phi) is 6.43. The number of hydrazine groups is 1. The monoisotopic (exact) mass is 260 g/mol. The first-order valence-electron chi connectivity index (χ1n) is 5.95. The van der Waals surface area contributed by atoms with E-state index in [1.807, 2.05) is 42.6 Å². The second-order valence-electron chi connectivity index (χ2n) is 3.74. The average molecular weight is 260 g/mol. The molecule has 1 aliphatic heterocycles. The Morgan fingerprint density at radius 1 is 1.21 bits per heavy atom. The Balaban J connectivity index is 0.000000861. The molecule has 0 radical (unpaired) electrons. The summed E-state index contributed by atoms with van der Waals surface area (Å²) >= 11 is 0. The summed E-state index contributed by atoms with van der Waals surface area (Å²) in [6.07, 6.45) is 5.98. The maximum absolute atomic E-state index is 7.00. The largest absolute Gasteiger partial charge is 0.497 e. The number of aliphatic hydroxyl groups is 1. The van der Waals surface area contributed by atoms with Crippen LogP contribution in [0.1, 0.15) is 5.56 Å². The quantitative estimate of drug-likeness (QED) is 0.760. The molecule has 0 spiro atoms. The van der Waals surface area contributed by atoms with Crippen LogP contribution in [0.15, 0.2) is 54.8 Å². The van der Waals surface area contributed by atoms with E-state index in [-0.39, 0.29) is 0 Å². The van der Waals surface area contributed by atoms with E-state index in [4.69, 9.17) is 9.84 Å². The molecule has 4 heteroatoms. The van der Waals surface area contributed by atoms with Gasteiger partial charge in [-0.15, -0.1) is 0 Å². The zero-order chi connectivity index (χ0) is 14.1. The minimum absolute atomic E-state index is 0.783. The zero-order valence-corrected chi connectivity index (χ0v) is 11.3. The number of benzene rings is 1. The van der Waals surface area contributed by atoms with Crippen LogP contribution in [0, 0.1) is 0 Å². The van der Waals surface area contributed by atoms with E-state index in [2.05, 4.69) is 17.4 Å². The van der Waals surface area contributed by atoms with Crippen LogP contribution in [0.2, 0.25) is 0 Å². The fraction of sp³-hybridized carbons (Fsp3) is 0.200. The molecule has 1 aromatic rings. The van der Waals surface area contributed by atoms with E-state index in [1.54, 1.807) is 7.11 Å². The standard InChI is InChI=1S/C14H16N2O.CH4O/c1-11-4-3-9-15-16-10-14(11)12-5-7-13(17-2)8-6-12;1-2/h3-8,10,15-16H,1,9H2,2H3;2H,1H3/b4-3-,14-10+;. The fourth-order valence-electron chi connectivity index (χ4n) is 1.66. The highest BCUT2D eigenvalue weighted by molar-refractivity contribution is 5.81. The maximum atomic E-state index is 7.00. The van der Waals surface area contributed by atoms with Gasteiger partial charge in [0.2, 0.25) is 0 Å². The van der Waals surface area contributed by atoms with E-state index in [0.717, 1.165) is 36.1 Å². The summed E-state index contributed by atoms with van der Waals surface area (Å²) < 4.78 is 5.14. The van der Waals surface area contributed by atoms with Crippen molar-refractivity contribution >= 4 is 5.57 Å². The highest BCUT2D eigenvalue weighted by Gasteiger charge is 2.05. The summed E-state index contributed by atoms with van der Waals surface area (Å²) in [5.74, 6) is 0.854. The molecule has 1 aliphatic rings. The molecule has 0 amide bonds. The third-order valence-electron chi connectivity index (χ3n) is 2.60. The van der Waals surface area contributed by atoms with E-state index in [0.29, 0.717) is 0 Å². The SMILES string of the molecule is C=C1/C=C\CNN/C=C\1c1ccc(OC)cc1.CO. The molecule has 1 aromatic carbocycles. The van der Waals surface area contributed by atoms with Gasteiger partial charge < -0.3 is 15.3 Å². The predicted octanol–water partition coefficient (Wildman–Crippen LogP) is 1.86. The van der Waals surface area contributed by atoms with Crippen molar-refractivity contribution in [2.45, 2.75) is 0 Å². The molecule has 19 heavy (non-hydrogen) atoms. The van der Waals surface area contributed by atoms with Crippen molar-refractivity contribution in [3.05, 3.63) is 60.3 Å². The van der Waals surface area contributed by atoms with Crippen LogP contribution in [-0.4, -0.2) is 25.9 Å². The Morgan fingerprint density at radius 3 is 2.53 bits per heavy atom. The lowest BCUT2D eigenvalue weighted by Crippen LogP contribution is -2.27. The van der Waals surface area contributed by atoms with Crippen molar-refractivity contribution in [1.82, 2.24) is 10.9 Å². The molecule has 4 nitrogen and oxygen atoms in total. The molecule has 0 saturated heterocycles. The highest BCUT2D eigenvalue weighted by atomic mass is 16.5. The minimum Gasteiger partial charge on any atom is -0.497 e. The molecule has 3 N–H and O–H groups in total. The third-order valence-corrected chi connectivity index (χ3v) is 2.60. The fourth-order valence-corrected chi connectivity index (χ4v) is 1.66. The number of nitrogens with one attached hydrogen (secondary N) is 2. The van der Waals surface area contributed by atoms with Crippen LogP contribution in [0.25, 0.3) is 5.57 Å². The number of ether oxygens (including phenoxy) is 1. The van der Waals surface area contributed by atoms with Crippen molar-refractivity contribution in [3.63, 3.8) is 0 Å². The number of aliphatic hydroxyl groups excluding tert-OH is 1. The molecule has 102 valence electrons. The van der Waals surface area contributed by atoms with E-state index in [9.17, 15) is 0 Å². The molecule has 1 heterocycles. The van der Waals surface area contributed by atoms with Crippen molar-refractivity contribution in [1.29, 1.82) is 0 Å². The Labute approximate surface area is 114 Å². The van der Waals surface area contributed by atoms with Gasteiger partial charge in [0.15, 0.2) is 0 Å². The van der Waals surface area contributed by atoms with Gasteiger partial charge in [-0.3, -0.25) is 0 Å². The molecule has 0 bridgehead atoms. The molecule has 0 unspecified atom stereocenters. The lowest BCUT2D eigenvalue weighted by Gasteiger charge is -2.13. The van der Waals surface area contributed by atoms with E-state index >= 15 is 0 Å². The topological polar surface area (TPSA) is 53.5 Å². The Morgan fingerprint density at radius 2 is 1.89 bits per heavy atom. The molecule has 0 aromatic heterocycles. The van der Waals surface area contributed by atoms with Crippen LogP contribution in [0.4, 0.5) is 0 Å².